The molecule has 0 unspecified atom stereocenters. The Morgan fingerprint density at radius 2 is 1.53 bits per heavy atom. The van der Waals surface area contributed by atoms with Gasteiger partial charge >= 0.3 is 6.09 Å². The molecule has 0 spiro atoms. The number of nitrogens with two attached hydrogens (primary N) is 1. The lowest BCUT2D eigenvalue weighted by Crippen LogP contribution is -2.39. The van der Waals surface area contributed by atoms with Crippen molar-refractivity contribution in [3.63, 3.8) is 0 Å². The maximum atomic E-state index is 11.4. The van der Waals surface area contributed by atoms with Gasteiger partial charge in [0, 0.05) is 19.6 Å². The standard InChI is InChI=1S/C9H20N2O2.C6H6/c1-5-11(7-6-10)8(12)13-9(2,3)4;1-2-4-6-5-3-1/h5-7,10H2,1-4H3;1-6H. The molecule has 1 aromatic carbocycles. The van der Waals surface area contributed by atoms with E-state index in [2.05, 4.69) is 0 Å². The summed E-state index contributed by atoms with van der Waals surface area (Å²) in [6.45, 7) is 9.09. The summed E-state index contributed by atoms with van der Waals surface area (Å²) in [5, 5.41) is 0. The average molecular weight is 266 g/mol. The number of hydrogen-bond acceptors (Lipinski definition) is 3. The molecule has 0 aliphatic carbocycles. The van der Waals surface area contributed by atoms with Crippen LogP contribution in [-0.2, 0) is 4.74 Å². The number of likely N-dealkylation sites (N-methyl/N-ethyl adjacent to an activating group) is 1. The van der Waals surface area contributed by atoms with Crippen LogP contribution in [0.4, 0.5) is 4.79 Å². The second kappa shape index (κ2) is 9.39. The summed E-state index contributed by atoms with van der Waals surface area (Å²) in [5.74, 6) is 0. The molecular formula is C15H26N2O2. The number of carbonyl (C=O) groups excluding carboxylic acids is 1. The van der Waals surface area contributed by atoms with E-state index in [4.69, 9.17) is 10.5 Å². The predicted octanol–water partition coefficient (Wildman–Crippen LogP) is 2.89. The van der Waals surface area contributed by atoms with Crippen LogP contribution in [0, 0.1) is 0 Å². The molecule has 0 radical (unpaired) electrons. The first kappa shape index (κ1) is 17.4. The van der Waals surface area contributed by atoms with Crippen molar-refractivity contribution in [3.8, 4) is 0 Å². The van der Waals surface area contributed by atoms with Gasteiger partial charge < -0.3 is 15.4 Å². The fourth-order valence-corrected chi connectivity index (χ4v) is 1.25. The summed E-state index contributed by atoms with van der Waals surface area (Å²) >= 11 is 0. The number of carbonyl (C=O) groups is 1. The molecule has 0 atom stereocenters. The molecule has 0 aromatic heterocycles. The first-order valence-electron chi connectivity index (χ1n) is 6.58. The number of ether oxygens (including phenoxy) is 1. The molecule has 19 heavy (non-hydrogen) atoms. The van der Waals surface area contributed by atoms with Crippen molar-refractivity contribution in [3.05, 3.63) is 36.4 Å². The van der Waals surface area contributed by atoms with Gasteiger partial charge in [0.2, 0.25) is 0 Å². The van der Waals surface area contributed by atoms with E-state index >= 15 is 0 Å². The lowest BCUT2D eigenvalue weighted by Gasteiger charge is -2.26. The quantitative estimate of drug-likeness (QED) is 0.915. The summed E-state index contributed by atoms with van der Waals surface area (Å²) in [6, 6.07) is 12.0. The monoisotopic (exact) mass is 266 g/mol. The second-order valence-electron chi connectivity index (χ2n) is 5.00. The van der Waals surface area contributed by atoms with Gasteiger partial charge in [0.25, 0.3) is 0 Å². The Bertz CT molecular complexity index is 307. The molecule has 4 nitrogen and oxygen atoms in total. The molecule has 0 fully saturated rings. The topological polar surface area (TPSA) is 55.6 Å². The molecule has 0 heterocycles. The molecule has 0 bridgehead atoms. The van der Waals surface area contributed by atoms with Crippen LogP contribution < -0.4 is 5.73 Å². The Balaban J connectivity index is 0.000000443. The maximum Gasteiger partial charge on any atom is 0.410 e. The third-order valence-corrected chi connectivity index (χ3v) is 2.10. The molecular weight excluding hydrogens is 240 g/mol. The summed E-state index contributed by atoms with van der Waals surface area (Å²) in [4.78, 5) is 13.0. The molecule has 1 rings (SSSR count). The highest BCUT2D eigenvalue weighted by Crippen LogP contribution is 2.09. The van der Waals surface area contributed by atoms with Crippen LogP contribution in [0.1, 0.15) is 27.7 Å². The highest BCUT2D eigenvalue weighted by molar-refractivity contribution is 5.68. The molecule has 108 valence electrons. The number of amides is 1. The van der Waals surface area contributed by atoms with Crippen molar-refractivity contribution < 1.29 is 9.53 Å². The summed E-state index contributed by atoms with van der Waals surface area (Å²) in [7, 11) is 0. The minimum absolute atomic E-state index is 0.291. The molecule has 0 aliphatic rings. The highest BCUT2D eigenvalue weighted by atomic mass is 16.6. The van der Waals surface area contributed by atoms with Crippen molar-refractivity contribution >= 4 is 6.09 Å². The predicted molar refractivity (Wildman–Crippen MR) is 79.0 cm³/mol. The van der Waals surface area contributed by atoms with Crippen LogP contribution in [0.15, 0.2) is 36.4 Å². The van der Waals surface area contributed by atoms with E-state index in [1.54, 1.807) is 4.90 Å². The van der Waals surface area contributed by atoms with Gasteiger partial charge in [0.1, 0.15) is 5.60 Å². The zero-order valence-corrected chi connectivity index (χ0v) is 12.4. The Labute approximate surface area is 116 Å². The highest BCUT2D eigenvalue weighted by Gasteiger charge is 2.20. The smallest absolute Gasteiger partial charge is 0.410 e. The zero-order chi connectivity index (χ0) is 14.7. The summed E-state index contributed by atoms with van der Waals surface area (Å²) < 4.78 is 5.17. The zero-order valence-electron chi connectivity index (χ0n) is 12.4. The van der Waals surface area contributed by atoms with E-state index in [9.17, 15) is 4.79 Å². The molecule has 0 saturated heterocycles. The van der Waals surface area contributed by atoms with Crippen molar-refractivity contribution in [1.29, 1.82) is 0 Å². The Morgan fingerprint density at radius 1 is 1.11 bits per heavy atom. The molecule has 2 N–H and O–H groups in total. The number of rotatable bonds is 3. The van der Waals surface area contributed by atoms with Crippen molar-refractivity contribution in [2.45, 2.75) is 33.3 Å². The molecule has 0 saturated carbocycles. The van der Waals surface area contributed by atoms with Crippen LogP contribution in [0.5, 0.6) is 0 Å². The van der Waals surface area contributed by atoms with E-state index in [-0.39, 0.29) is 6.09 Å². The van der Waals surface area contributed by atoms with Gasteiger partial charge in [0.15, 0.2) is 0 Å². The summed E-state index contributed by atoms with van der Waals surface area (Å²) in [6.07, 6.45) is -0.291. The van der Waals surface area contributed by atoms with E-state index in [0.717, 1.165) is 0 Å². The largest absolute Gasteiger partial charge is 0.444 e. The minimum Gasteiger partial charge on any atom is -0.444 e. The van der Waals surface area contributed by atoms with Crippen LogP contribution >= 0.6 is 0 Å². The Kier molecular flexibility index (Phi) is 8.62. The molecule has 1 amide bonds. The van der Waals surface area contributed by atoms with Gasteiger partial charge in [-0.15, -0.1) is 0 Å². The van der Waals surface area contributed by atoms with Crippen molar-refractivity contribution in [2.24, 2.45) is 5.73 Å². The van der Waals surface area contributed by atoms with Crippen molar-refractivity contribution in [1.82, 2.24) is 4.90 Å². The minimum atomic E-state index is -0.431. The summed E-state index contributed by atoms with van der Waals surface area (Å²) in [5.41, 5.74) is 4.93. The normalized spacial score (nSPS) is 10.2. The second-order valence-corrected chi connectivity index (χ2v) is 5.00. The Hall–Kier alpha value is -1.55. The fourth-order valence-electron chi connectivity index (χ4n) is 1.25. The van der Waals surface area contributed by atoms with Gasteiger partial charge in [-0.1, -0.05) is 36.4 Å². The number of hydrogen-bond donors (Lipinski definition) is 1. The first-order valence-corrected chi connectivity index (χ1v) is 6.58. The first-order chi connectivity index (χ1) is 8.90. The van der Waals surface area contributed by atoms with Gasteiger partial charge in [-0.05, 0) is 27.7 Å². The van der Waals surface area contributed by atoms with Crippen LogP contribution in [-0.4, -0.2) is 36.2 Å². The maximum absolute atomic E-state index is 11.4. The van der Waals surface area contributed by atoms with E-state index < -0.39 is 5.60 Å². The average Bonchev–Trinajstić information content (AvgIpc) is 2.36. The van der Waals surface area contributed by atoms with Crippen molar-refractivity contribution in [2.75, 3.05) is 19.6 Å². The van der Waals surface area contributed by atoms with E-state index in [1.165, 1.54) is 0 Å². The lowest BCUT2D eigenvalue weighted by molar-refractivity contribution is 0.0266. The molecule has 4 heteroatoms. The lowest BCUT2D eigenvalue weighted by atomic mass is 10.2. The molecule has 1 aromatic rings. The van der Waals surface area contributed by atoms with Gasteiger partial charge in [-0.2, -0.15) is 0 Å². The van der Waals surface area contributed by atoms with E-state index in [1.807, 2.05) is 64.1 Å². The third-order valence-electron chi connectivity index (χ3n) is 2.10. The van der Waals surface area contributed by atoms with Gasteiger partial charge in [0.05, 0.1) is 0 Å². The van der Waals surface area contributed by atoms with Gasteiger partial charge in [-0.25, -0.2) is 4.79 Å². The van der Waals surface area contributed by atoms with Gasteiger partial charge in [-0.3, -0.25) is 0 Å². The third kappa shape index (κ3) is 10.1. The molecule has 0 aliphatic heterocycles. The van der Waals surface area contributed by atoms with Crippen LogP contribution in [0.2, 0.25) is 0 Å². The SMILES string of the molecule is CCN(CCN)C(=O)OC(C)(C)C.c1ccccc1. The fraction of sp³-hybridized carbons (Fsp3) is 0.533. The Morgan fingerprint density at radius 3 is 1.79 bits per heavy atom. The number of benzene rings is 1. The van der Waals surface area contributed by atoms with E-state index in [0.29, 0.717) is 19.6 Å². The number of nitrogens with zero attached hydrogens (tertiary/aromatic N) is 1. The van der Waals surface area contributed by atoms with Crippen LogP contribution in [0.3, 0.4) is 0 Å². The van der Waals surface area contributed by atoms with Crippen LogP contribution in [0.25, 0.3) is 0 Å².